The second kappa shape index (κ2) is 9.76. The van der Waals surface area contributed by atoms with Crippen LogP contribution in [0.4, 0.5) is 5.82 Å². The number of amides is 1. The van der Waals surface area contributed by atoms with Crippen LogP contribution in [0.3, 0.4) is 0 Å². The van der Waals surface area contributed by atoms with Crippen LogP contribution in [0.1, 0.15) is 63.4 Å². The predicted octanol–water partition coefficient (Wildman–Crippen LogP) is 3.39. The van der Waals surface area contributed by atoms with E-state index < -0.39 is 0 Å². The Morgan fingerprint density at radius 1 is 1.06 bits per heavy atom. The van der Waals surface area contributed by atoms with Gasteiger partial charge in [-0.25, -0.2) is 4.98 Å². The van der Waals surface area contributed by atoms with Gasteiger partial charge in [-0.1, -0.05) is 6.42 Å². The normalized spacial score (nSPS) is 26.8. The number of hydrogen-bond donors (Lipinski definition) is 1. The minimum atomic E-state index is 0.301. The van der Waals surface area contributed by atoms with E-state index in [1.165, 1.54) is 63.5 Å². The third-order valence-electron chi connectivity index (χ3n) is 8.02. The van der Waals surface area contributed by atoms with E-state index in [0.29, 0.717) is 17.9 Å². The summed E-state index contributed by atoms with van der Waals surface area (Å²) in [5.41, 5.74) is 1.31. The average molecular weight is 427 g/mol. The number of carbonyl (C=O) groups is 1. The fourth-order valence-electron chi connectivity index (χ4n) is 5.71. The molecule has 1 aromatic heterocycles. The number of nitrogens with zero attached hydrogens (tertiary/aromatic N) is 3. The highest BCUT2D eigenvalue weighted by Gasteiger charge is 2.27. The van der Waals surface area contributed by atoms with Gasteiger partial charge in [0.15, 0.2) is 11.6 Å². The summed E-state index contributed by atoms with van der Waals surface area (Å²) in [6, 6.07) is 2.52. The Hall–Kier alpha value is -1.82. The highest BCUT2D eigenvalue weighted by atomic mass is 16.5. The molecule has 0 radical (unpaired) electrons. The molecule has 0 atom stereocenters. The molecule has 31 heavy (non-hydrogen) atoms. The van der Waals surface area contributed by atoms with Crippen molar-refractivity contribution in [2.45, 2.75) is 70.3 Å². The zero-order valence-corrected chi connectivity index (χ0v) is 18.9. The van der Waals surface area contributed by atoms with E-state index in [0.717, 1.165) is 63.1 Å². The maximum atomic E-state index is 12.2. The third-order valence-corrected chi connectivity index (χ3v) is 8.02. The second-order valence-corrected chi connectivity index (χ2v) is 10.1. The van der Waals surface area contributed by atoms with Gasteiger partial charge >= 0.3 is 0 Å². The first-order chi connectivity index (χ1) is 15.2. The SMILES string of the molecule is O=C(CC1CCC1)NC1CCC(CCN2CCN(c3nccc4c3OCC4)CC2)CC1. The molecular formula is C25H38N4O2. The summed E-state index contributed by atoms with van der Waals surface area (Å²) in [6.07, 6.45) is 13.7. The Labute approximate surface area is 186 Å². The quantitative estimate of drug-likeness (QED) is 0.724. The van der Waals surface area contributed by atoms with E-state index in [2.05, 4.69) is 26.2 Å². The summed E-state index contributed by atoms with van der Waals surface area (Å²) < 4.78 is 5.85. The van der Waals surface area contributed by atoms with Crippen LogP contribution < -0.4 is 15.0 Å². The first-order valence-corrected chi connectivity index (χ1v) is 12.6. The second-order valence-electron chi connectivity index (χ2n) is 10.1. The van der Waals surface area contributed by atoms with Gasteiger partial charge in [0.25, 0.3) is 0 Å². The van der Waals surface area contributed by atoms with Crippen molar-refractivity contribution in [1.82, 2.24) is 15.2 Å². The van der Waals surface area contributed by atoms with Gasteiger partial charge in [0.2, 0.25) is 5.91 Å². The fraction of sp³-hybridized carbons (Fsp3) is 0.760. The van der Waals surface area contributed by atoms with E-state index in [1.54, 1.807) is 0 Å². The molecular weight excluding hydrogens is 388 g/mol. The average Bonchev–Trinajstić information content (AvgIpc) is 3.25. The van der Waals surface area contributed by atoms with Crippen LogP contribution in [0.25, 0.3) is 0 Å². The lowest BCUT2D eigenvalue weighted by Gasteiger charge is -2.37. The number of nitrogens with one attached hydrogen (secondary N) is 1. The van der Waals surface area contributed by atoms with Crippen molar-refractivity contribution < 1.29 is 9.53 Å². The Kier molecular flexibility index (Phi) is 6.63. The molecule has 6 nitrogen and oxygen atoms in total. The van der Waals surface area contributed by atoms with Crippen LogP contribution in [-0.2, 0) is 11.2 Å². The number of ether oxygens (including phenoxy) is 1. The number of pyridine rings is 1. The molecule has 170 valence electrons. The minimum Gasteiger partial charge on any atom is -0.489 e. The van der Waals surface area contributed by atoms with Gasteiger partial charge < -0.3 is 15.0 Å². The Bertz CT molecular complexity index is 750. The summed E-state index contributed by atoms with van der Waals surface area (Å²) in [7, 11) is 0. The van der Waals surface area contributed by atoms with Crippen LogP contribution in [0.15, 0.2) is 12.3 Å². The molecule has 1 amide bonds. The zero-order chi connectivity index (χ0) is 21.0. The molecule has 3 fully saturated rings. The Morgan fingerprint density at radius 3 is 2.61 bits per heavy atom. The maximum absolute atomic E-state index is 12.2. The number of carbonyl (C=O) groups excluding carboxylic acids is 1. The van der Waals surface area contributed by atoms with E-state index in [-0.39, 0.29) is 0 Å². The summed E-state index contributed by atoms with van der Waals surface area (Å²) in [5, 5.41) is 3.31. The summed E-state index contributed by atoms with van der Waals surface area (Å²) in [4.78, 5) is 21.8. The number of anilines is 1. The van der Waals surface area contributed by atoms with E-state index >= 15 is 0 Å². The first-order valence-electron chi connectivity index (χ1n) is 12.6. The molecule has 6 heteroatoms. The molecule has 1 aromatic rings. The smallest absolute Gasteiger partial charge is 0.220 e. The van der Waals surface area contributed by atoms with Gasteiger partial charge in [-0.15, -0.1) is 0 Å². The lowest BCUT2D eigenvalue weighted by molar-refractivity contribution is -0.123. The molecule has 2 saturated carbocycles. The fourth-order valence-corrected chi connectivity index (χ4v) is 5.71. The third kappa shape index (κ3) is 5.16. The topological polar surface area (TPSA) is 57.7 Å². The molecule has 0 unspecified atom stereocenters. The molecule has 0 spiro atoms. The van der Waals surface area contributed by atoms with Crippen molar-refractivity contribution in [2.24, 2.45) is 11.8 Å². The van der Waals surface area contributed by atoms with Crippen molar-refractivity contribution in [3.05, 3.63) is 17.8 Å². The van der Waals surface area contributed by atoms with Crippen LogP contribution in [0, 0.1) is 11.8 Å². The van der Waals surface area contributed by atoms with E-state index in [4.69, 9.17) is 4.74 Å². The van der Waals surface area contributed by atoms with Gasteiger partial charge in [-0.2, -0.15) is 0 Å². The maximum Gasteiger partial charge on any atom is 0.220 e. The van der Waals surface area contributed by atoms with Crippen LogP contribution in [-0.4, -0.2) is 61.2 Å². The van der Waals surface area contributed by atoms with Crippen molar-refractivity contribution in [3.63, 3.8) is 0 Å². The number of hydrogen-bond acceptors (Lipinski definition) is 5. The van der Waals surface area contributed by atoms with Crippen molar-refractivity contribution in [1.29, 1.82) is 0 Å². The molecule has 3 heterocycles. The Balaban J connectivity index is 0.995. The lowest BCUT2D eigenvalue weighted by Crippen LogP contribution is -2.47. The Morgan fingerprint density at radius 2 is 1.87 bits per heavy atom. The molecule has 4 aliphatic rings. The summed E-state index contributed by atoms with van der Waals surface area (Å²) in [5.74, 6) is 3.86. The van der Waals surface area contributed by atoms with Crippen LogP contribution in [0.2, 0.25) is 0 Å². The summed E-state index contributed by atoms with van der Waals surface area (Å²) >= 11 is 0. The highest BCUT2D eigenvalue weighted by Crippen LogP contribution is 2.35. The van der Waals surface area contributed by atoms with Gasteiger partial charge in [-0.05, 0) is 69.4 Å². The molecule has 1 N–H and O–H groups in total. The number of aromatic nitrogens is 1. The van der Waals surface area contributed by atoms with Gasteiger partial charge in [0.1, 0.15) is 0 Å². The number of fused-ring (bicyclic) bond motifs is 1. The minimum absolute atomic E-state index is 0.301. The summed E-state index contributed by atoms with van der Waals surface area (Å²) in [6.45, 7) is 6.28. The van der Waals surface area contributed by atoms with Crippen molar-refractivity contribution >= 4 is 11.7 Å². The molecule has 0 aromatic carbocycles. The van der Waals surface area contributed by atoms with Crippen molar-refractivity contribution in [3.8, 4) is 5.75 Å². The molecule has 2 aliphatic heterocycles. The number of piperazine rings is 1. The molecule has 0 bridgehead atoms. The monoisotopic (exact) mass is 426 g/mol. The van der Waals surface area contributed by atoms with E-state index in [9.17, 15) is 4.79 Å². The highest BCUT2D eigenvalue weighted by molar-refractivity contribution is 5.76. The standard InChI is InChI=1S/C25H38N4O2/c30-23(18-20-2-1-3-20)27-22-6-4-19(5-7-22)9-12-28-13-15-29(16-14-28)25-24-21(8-11-26-25)10-17-31-24/h8,11,19-20,22H,1-7,9-10,12-18H2,(H,27,30). The van der Waals surface area contributed by atoms with Crippen LogP contribution in [0.5, 0.6) is 5.75 Å². The van der Waals surface area contributed by atoms with Gasteiger partial charge in [0, 0.05) is 56.8 Å². The van der Waals surface area contributed by atoms with Crippen LogP contribution >= 0.6 is 0 Å². The predicted molar refractivity (Wildman–Crippen MR) is 123 cm³/mol. The van der Waals surface area contributed by atoms with Gasteiger partial charge in [0.05, 0.1) is 6.61 Å². The molecule has 5 rings (SSSR count). The lowest BCUT2D eigenvalue weighted by atomic mass is 9.82. The number of rotatable bonds is 7. The molecule has 2 aliphatic carbocycles. The molecule has 1 saturated heterocycles. The first kappa shape index (κ1) is 21.0. The van der Waals surface area contributed by atoms with Crippen molar-refractivity contribution in [2.75, 3.05) is 44.2 Å². The largest absolute Gasteiger partial charge is 0.489 e. The zero-order valence-electron chi connectivity index (χ0n) is 18.9. The van der Waals surface area contributed by atoms with Gasteiger partial charge in [-0.3, -0.25) is 9.69 Å². The van der Waals surface area contributed by atoms with E-state index in [1.807, 2.05) is 6.20 Å².